The minimum Gasteiger partial charge on any atom is -0.369 e. The smallest absolute Gasteiger partial charge is 0.103 e. The summed E-state index contributed by atoms with van der Waals surface area (Å²) in [4.78, 5) is 1.91. The Balaban J connectivity index is 3.34. The summed E-state index contributed by atoms with van der Waals surface area (Å²) >= 11 is 0. The lowest BCUT2D eigenvalue weighted by Gasteiger charge is -2.19. The number of nitrogens with zero attached hydrogens (tertiary/aromatic N) is 1. The van der Waals surface area contributed by atoms with Crippen molar-refractivity contribution in [3.63, 3.8) is 0 Å². The first-order valence-corrected chi connectivity index (χ1v) is 3.63. The van der Waals surface area contributed by atoms with Gasteiger partial charge >= 0.3 is 0 Å². The largest absolute Gasteiger partial charge is 0.369 e. The molecule has 4 heteroatoms. The van der Waals surface area contributed by atoms with Gasteiger partial charge < -0.3 is 14.2 Å². The van der Waals surface area contributed by atoms with Gasteiger partial charge in [0, 0.05) is 20.8 Å². The molecule has 0 fully saturated rings. The highest BCUT2D eigenvalue weighted by molar-refractivity contribution is 4.35. The van der Waals surface area contributed by atoms with Gasteiger partial charge in [-0.3, -0.25) is 0 Å². The molecule has 0 amide bonds. The van der Waals surface area contributed by atoms with Gasteiger partial charge in [-0.25, -0.2) is 4.90 Å². The maximum atomic E-state index is 5.17. The van der Waals surface area contributed by atoms with Gasteiger partial charge in [0.25, 0.3) is 0 Å². The Morgan fingerprint density at radius 1 is 1.00 bits per heavy atom. The number of hydrogen-bond donors (Lipinski definition) is 0. The van der Waals surface area contributed by atoms with E-state index in [1.165, 1.54) is 0 Å². The Kier molecular flexibility index (Phi) is 7.83. The van der Waals surface area contributed by atoms with Crippen LogP contribution in [-0.2, 0) is 14.2 Å². The van der Waals surface area contributed by atoms with E-state index in [2.05, 4.69) is 0 Å². The van der Waals surface area contributed by atoms with Crippen molar-refractivity contribution >= 4 is 0 Å². The highest BCUT2D eigenvalue weighted by Crippen LogP contribution is 1.88. The summed E-state index contributed by atoms with van der Waals surface area (Å²) < 4.78 is 15.0. The fourth-order valence-electron chi connectivity index (χ4n) is 0.697. The van der Waals surface area contributed by atoms with Crippen LogP contribution in [0.3, 0.4) is 0 Å². The average Bonchev–Trinajstić information content (AvgIpc) is 2.01. The summed E-state index contributed by atoms with van der Waals surface area (Å²) in [6, 6.07) is 0. The molecule has 0 N–H and O–H groups in total. The molecule has 68 valence electrons. The highest BCUT2D eigenvalue weighted by atomic mass is 16.5. The second-order valence-corrected chi connectivity index (χ2v) is 2.13. The molecule has 0 spiro atoms. The molecule has 0 aliphatic heterocycles. The van der Waals surface area contributed by atoms with E-state index in [1.54, 1.807) is 14.2 Å². The molecule has 11 heavy (non-hydrogen) atoms. The summed E-state index contributed by atoms with van der Waals surface area (Å²) in [5.41, 5.74) is 0. The lowest BCUT2D eigenvalue weighted by molar-refractivity contribution is -0.0772. The normalized spacial score (nSPS) is 10.9. The van der Waals surface area contributed by atoms with Crippen LogP contribution < -0.4 is 0 Å². The molecule has 0 aromatic rings. The van der Waals surface area contributed by atoms with Crippen molar-refractivity contribution in [3.05, 3.63) is 0 Å². The third-order valence-electron chi connectivity index (χ3n) is 1.10. The topological polar surface area (TPSA) is 30.9 Å². The Hall–Kier alpha value is -0.160. The van der Waals surface area contributed by atoms with Gasteiger partial charge in [0.05, 0.1) is 0 Å². The molecule has 0 heterocycles. The van der Waals surface area contributed by atoms with Gasteiger partial charge in [-0.1, -0.05) is 0 Å². The molecule has 4 nitrogen and oxygen atoms in total. The number of rotatable bonds is 7. The molecule has 0 bridgehead atoms. The fraction of sp³-hybridized carbons (Fsp3) is 1.00. The molecule has 0 unspecified atom stereocenters. The van der Waals surface area contributed by atoms with Crippen molar-refractivity contribution in [2.75, 3.05) is 41.0 Å². The summed E-state index contributed by atoms with van der Waals surface area (Å²) in [6.45, 7) is 4.29. The second kappa shape index (κ2) is 7.94. The van der Waals surface area contributed by atoms with Crippen LogP contribution >= 0.6 is 0 Å². The number of methoxy groups -OCH3 is 2. The van der Waals surface area contributed by atoms with Gasteiger partial charge in [0.1, 0.15) is 20.2 Å². The summed E-state index contributed by atoms with van der Waals surface area (Å²) in [5, 5.41) is 0. The van der Waals surface area contributed by atoms with E-state index in [-0.39, 0.29) is 0 Å². The van der Waals surface area contributed by atoms with E-state index in [9.17, 15) is 0 Å². The molecule has 0 saturated carbocycles. The predicted octanol–water partition coefficient (Wildman–Crippen LogP) is 0.490. The third-order valence-corrected chi connectivity index (χ3v) is 1.10. The maximum Gasteiger partial charge on any atom is 0.103 e. The second-order valence-electron chi connectivity index (χ2n) is 2.13. The van der Waals surface area contributed by atoms with Crippen molar-refractivity contribution in [2.24, 2.45) is 0 Å². The first kappa shape index (κ1) is 10.8. The Bertz CT molecular complexity index is 74.1. The van der Waals surface area contributed by atoms with Crippen LogP contribution in [0.1, 0.15) is 6.92 Å². The monoisotopic (exact) mass is 163 g/mol. The van der Waals surface area contributed by atoms with Crippen LogP contribution in [0.5, 0.6) is 0 Å². The molecule has 0 rings (SSSR count). The van der Waals surface area contributed by atoms with E-state index in [1.807, 2.05) is 11.8 Å². The molecule has 0 saturated heterocycles. The molecule has 0 aliphatic rings. The predicted molar refractivity (Wildman–Crippen MR) is 42.1 cm³/mol. The maximum absolute atomic E-state index is 5.17. The molecular formula is C7H17NO3. The van der Waals surface area contributed by atoms with Crippen molar-refractivity contribution in [3.8, 4) is 0 Å². The zero-order valence-corrected chi connectivity index (χ0v) is 7.50. The van der Waals surface area contributed by atoms with E-state index >= 15 is 0 Å². The number of ether oxygens (including phenoxy) is 3. The third kappa shape index (κ3) is 6.25. The van der Waals surface area contributed by atoms with Crippen LogP contribution in [0.15, 0.2) is 0 Å². The fourth-order valence-corrected chi connectivity index (χ4v) is 0.697. The molecule has 0 aliphatic carbocycles. The Labute approximate surface area is 68.0 Å². The van der Waals surface area contributed by atoms with Gasteiger partial charge in [-0.2, -0.15) is 0 Å². The Morgan fingerprint density at radius 3 is 1.91 bits per heavy atom. The van der Waals surface area contributed by atoms with E-state index < -0.39 is 0 Å². The van der Waals surface area contributed by atoms with Crippen LogP contribution in [0.4, 0.5) is 0 Å². The van der Waals surface area contributed by atoms with Crippen molar-refractivity contribution in [1.82, 2.24) is 4.90 Å². The van der Waals surface area contributed by atoms with Crippen molar-refractivity contribution in [1.29, 1.82) is 0 Å². The summed E-state index contributed by atoms with van der Waals surface area (Å²) in [7, 11) is 3.29. The zero-order chi connectivity index (χ0) is 8.53. The van der Waals surface area contributed by atoms with Gasteiger partial charge in [-0.15, -0.1) is 0 Å². The standard InChI is InChI=1S/C7H17NO3/c1-4-11-7-8(5-9-2)6-10-3/h4-7H2,1-3H3. The minimum atomic E-state index is 0.536. The van der Waals surface area contributed by atoms with Crippen LogP contribution in [0, 0.1) is 0 Å². The first-order chi connectivity index (χ1) is 5.35. The van der Waals surface area contributed by atoms with E-state index in [0.29, 0.717) is 26.8 Å². The molecule has 0 radical (unpaired) electrons. The Morgan fingerprint density at radius 2 is 1.55 bits per heavy atom. The van der Waals surface area contributed by atoms with Crippen LogP contribution in [0.25, 0.3) is 0 Å². The summed E-state index contributed by atoms with van der Waals surface area (Å²) in [5.74, 6) is 0. The molecular weight excluding hydrogens is 146 g/mol. The summed E-state index contributed by atoms with van der Waals surface area (Å²) in [6.07, 6.45) is 0. The quantitative estimate of drug-likeness (QED) is 0.511. The molecule has 0 aromatic carbocycles. The van der Waals surface area contributed by atoms with Crippen molar-refractivity contribution < 1.29 is 14.2 Å². The van der Waals surface area contributed by atoms with Gasteiger partial charge in [0.2, 0.25) is 0 Å². The highest BCUT2D eigenvalue weighted by Gasteiger charge is 2.01. The van der Waals surface area contributed by atoms with E-state index in [0.717, 1.165) is 0 Å². The van der Waals surface area contributed by atoms with Gasteiger partial charge in [-0.05, 0) is 6.92 Å². The van der Waals surface area contributed by atoms with Crippen LogP contribution in [-0.4, -0.2) is 45.9 Å². The molecule has 0 aromatic heterocycles. The SMILES string of the molecule is CCOCN(COC)COC. The van der Waals surface area contributed by atoms with E-state index in [4.69, 9.17) is 14.2 Å². The minimum absolute atomic E-state index is 0.536. The molecule has 0 atom stereocenters. The van der Waals surface area contributed by atoms with Gasteiger partial charge in [0.15, 0.2) is 0 Å². The average molecular weight is 163 g/mol. The lowest BCUT2D eigenvalue weighted by atomic mass is 10.8. The first-order valence-electron chi connectivity index (χ1n) is 3.63. The number of hydrogen-bond acceptors (Lipinski definition) is 4. The lowest BCUT2D eigenvalue weighted by Crippen LogP contribution is -2.30. The van der Waals surface area contributed by atoms with Crippen molar-refractivity contribution in [2.45, 2.75) is 6.92 Å². The zero-order valence-electron chi connectivity index (χ0n) is 7.50. The van der Waals surface area contributed by atoms with Crippen LogP contribution in [0.2, 0.25) is 0 Å².